The normalized spacial score (nSPS) is 11.5. The van der Waals surface area contributed by atoms with E-state index in [1.165, 1.54) is 11.1 Å². The van der Waals surface area contributed by atoms with Gasteiger partial charge in [-0.2, -0.15) is 0 Å². The summed E-state index contributed by atoms with van der Waals surface area (Å²) in [6.07, 6.45) is 3.08. The predicted octanol–water partition coefficient (Wildman–Crippen LogP) is 2.84. The Morgan fingerprint density at radius 3 is 2.93 bits per heavy atom. The summed E-state index contributed by atoms with van der Waals surface area (Å²) < 4.78 is 5.45. The second-order valence-corrected chi connectivity index (χ2v) is 3.43. The van der Waals surface area contributed by atoms with Crippen molar-refractivity contribution in [2.75, 3.05) is 13.2 Å². The van der Waals surface area contributed by atoms with Crippen LogP contribution in [0.3, 0.4) is 0 Å². The maximum atomic E-state index is 5.46. The Morgan fingerprint density at radius 1 is 1.47 bits per heavy atom. The van der Waals surface area contributed by atoms with E-state index in [-0.39, 0.29) is 0 Å². The van der Waals surface area contributed by atoms with Crippen molar-refractivity contribution in [3.05, 3.63) is 35.9 Å². The van der Waals surface area contributed by atoms with E-state index >= 15 is 0 Å². The Bertz CT molecular complexity index is 331. The smallest absolute Gasteiger partial charge is 0.119 e. The molecule has 0 spiro atoms. The molecule has 0 heterocycles. The monoisotopic (exact) mass is 205 g/mol. The number of allylic oxidation sites excluding steroid dienone is 1. The zero-order valence-corrected chi connectivity index (χ0v) is 9.49. The molecule has 0 aliphatic rings. The summed E-state index contributed by atoms with van der Waals surface area (Å²) in [6, 6.07) is 8.14. The number of rotatable bonds is 5. The lowest BCUT2D eigenvalue weighted by Gasteiger charge is -2.06. The highest BCUT2D eigenvalue weighted by Gasteiger charge is 1.97. The number of hydrogen-bond donors (Lipinski definition) is 1. The van der Waals surface area contributed by atoms with Crippen molar-refractivity contribution in [2.24, 2.45) is 5.73 Å². The number of nitrogens with two attached hydrogens (primary N) is 1. The molecule has 0 atom stereocenters. The van der Waals surface area contributed by atoms with E-state index in [4.69, 9.17) is 10.5 Å². The van der Waals surface area contributed by atoms with E-state index < -0.39 is 0 Å². The van der Waals surface area contributed by atoms with Gasteiger partial charge in [0.05, 0.1) is 6.61 Å². The number of ether oxygens (including phenoxy) is 1. The standard InChI is InChI=1S/C13H19NO/c1-3-15-13-8-4-7-12(10-13)11(2)6-5-9-14/h4,6-8,10H,3,5,9,14H2,1-2H3. The predicted molar refractivity (Wildman–Crippen MR) is 64.9 cm³/mol. The third kappa shape index (κ3) is 3.76. The van der Waals surface area contributed by atoms with Crippen LogP contribution in [-0.2, 0) is 0 Å². The molecule has 1 aromatic rings. The maximum Gasteiger partial charge on any atom is 0.119 e. The zero-order valence-electron chi connectivity index (χ0n) is 9.49. The molecule has 0 saturated carbocycles. The molecule has 1 rings (SSSR count). The molecule has 2 heteroatoms. The molecule has 0 aliphatic heterocycles. The Labute approximate surface area is 91.7 Å². The summed E-state index contributed by atoms with van der Waals surface area (Å²) in [5.41, 5.74) is 7.92. The van der Waals surface area contributed by atoms with Crippen LogP contribution < -0.4 is 10.5 Å². The first kappa shape index (κ1) is 11.8. The van der Waals surface area contributed by atoms with Crippen LogP contribution >= 0.6 is 0 Å². The van der Waals surface area contributed by atoms with E-state index in [2.05, 4.69) is 25.1 Å². The zero-order chi connectivity index (χ0) is 11.1. The van der Waals surface area contributed by atoms with Crippen LogP contribution in [0.5, 0.6) is 5.75 Å². The molecule has 0 aromatic heterocycles. The molecule has 0 aliphatic carbocycles. The van der Waals surface area contributed by atoms with E-state index in [1.807, 2.05) is 19.1 Å². The van der Waals surface area contributed by atoms with Crippen LogP contribution in [-0.4, -0.2) is 13.2 Å². The second kappa shape index (κ2) is 6.25. The van der Waals surface area contributed by atoms with Crippen molar-refractivity contribution in [3.8, 4) is 5.75 Å². The Kier molecular flexibility index (Phi) is 4.91. The summed E-state index contributed by atoms with van der Waals surface area (Å²) in [5, 5.41) is 0. The van der Waals surface area contributed by atoms with Crippen LogP contribution in [0, 0.1) is 0 Å². The topological polar surface area (TPSA) is 35.2 Å². The average molecular weight is 205 g/mol. The molecule has 0 radical (unpaired) electrons. The van der Waals surface area contributed by atoms with E-state index in [0.29, 0.717) is 13.2 Å². The molecule has 0 bridgehead atoms. The minimum absolute atomic E-state index is 0.697. The fraction of sp³-hybridized carbons (Fsp3) is 0.385. The molecule has 0 unspecified atom stereocenters. The maximum absolute atomic E-state index is 5.46. The molecule has 0 fully saturated rings. The molecule has 15 heavy (non-hydrogen) atoms. The van der Waals surface area contributed by atoms with Gasteiger partial charge in [0.1, 0.15) is 5.75 Å². The molecular weight excluding hydrogens is 186 g/mol. The van der Waals surface area contributed by atoms with Crippen molar-refractivity contribution >= 4 is 5.57 Å². The van der Waals surface area contributed by atoms with Crippen molar-refractivity contribution in [1.29, 1.82) is 0 Å². The molecule has 1 aromatic carbocycles. The lowest BCUT2D eigenvalue weighted by molar-refractivity contribution is 0.340. The van der Waals surface area contributed by atoms with Crippen LogP contribution in [0.2, 0.25) is 0 Å². The van der Waals surface area contributed by atoms with Crippen LogP contribution in [0.15, 0.2) is 30.3 Å². The van der Waals surface area contributed by atoms with Crippen LogP contribution in [0.4, 0.5) is 0 Å². The fourth-order valence-corrected chi connectivity index (χ4v) is 1.42. The Morgan fingerprint density at radius 2 is 2.27 bits per heavy atom. The first-order valence-corrected chi connectivity index (χ1v) is 5.38. The van der Waals surface area contributed by atoms with E-state index in [9.17, 15) is 0 Å². The summed E-state index contributed by atoms with van der Waals surface area (Å²) in [5.74, 6) is 0.926. The Hall–Kier alpha value is -1.28. The summed E-state index contributed by atoms with van der Waals surface area (Å²) in [6.45, 7) is 5.49. The summed E-state index contributed by atoms with van der Waals surface area (Å²) >= 11 is 0. The van der Waals surface area contributed by atoms with E-state index in [0.717, 1.165) is 12.2 Å². The average Bonchev–Trinajstić information content (AvgIpc) is 2.27. The molecule has 0 saturated heterocycles. The van der Waals surface area contributed by atoms with Crippen LogP contribution in [0.1, 0.15) is 25.8 Å². The first-order chi connectivity index (χ1) is 7.27. The Balaban J connectivity index is 2.80. The third-order valence-electron chi connectivity index (χ3n) is 2.22. The molecule has 2 nitrogen and oxygen atoms in total. The van der Waals surface area contributed by atoms with Gasteiger partial charge < -0.3 is 10.5 Å². The van der Waals surface area contributed by atoms with Crippen molar-refractivity contribution in [3.63, 3.8) is 0 Å². The van der Waals surface area contributed by atoms with E-state index in [1.54, 1.807) is 0 Å². The van der Waals surface area contributed by atoms with Gasteiger partial charge in [0.2, 0.25) is 0 Å². The largest absolute Gasteiger partial charge is 0.494 e. The van der Waals surface area contributed by atoms with Gasteiger partial charge in [-0.05, 0) is 50.1 Å². The number of benzene rings is 1. The van der Waals surface area contributed by atoms with Gasteiger partial charge in [-0.1, -0.05) is 18.2 Å². The second-order valence-electron chi connectivity index (χ2n) is 3.43. The van der Waals surface area contributed by atoms with Gasteiger partial charge in [0, 0.05) is 0 Å². The van der Waals surface area contributed by atoms with Gasteiger partial charge in [-0.3, -0.25) is 0 Å². The van der Waals surface area contributed by atoms with Gasteiger partial charge >= 0.3 is 0 Å². The van der Waals surface area contributed by atoms with Crippen LogP contribution in [0.25, 0.3) is 5.57 Å². The van der Waals surface area contributed by atoms with Gasteiger partial charge in [0.15, 0.2) is 0 Å². The minimum Gasteiger partial charge on any atom is -0.494 e. The molecular formula is C13H19NO. The molecule has 0 amide bonds. The van der Waals surface area contributed by atoms with Crippen molar-refractivity contribution < 1.29 is 4.74 Å². The highest BCUT2D eigenvalue weighted by Crippen LogP contribution is 2.20. The van der Waals surface area contributed by atoms with Gasteiger partial charge in [-0.15, -0.1) is 0 Å². The van der Waals surface area contributed by atoms with Crippen molar-refractivity contribution in [1.82, 2.24) is 0 Å². The molecule has 82 valence electrons. The lowest BCUT2D eigenvalue weighted by atomic mass is 10.1. The van der Waals surface area contributed by atoms with Crippen molar-refractivity contribution in [2.45, 2.75) is 20.3 Å². The summed E-state index contributed by atoms with van der Waals surface area (Å²) in [4.78, 5) is 0. The highest BCUT2D eigenvalue weighted by molar-refractivity contribution is 5.64. The quantitative estimate of drug-likeness (QED) is 0.802. The molecule has 2 N–H and O–H groups in total. The summed E-state index contributed by atoms with van der Waals surface area (Å²) in [7, 11) is 0. The SMILES string of the molecule is CCOc1cccc(C(C)=CCCN)c1. The fourth-order valence-electron chi connectivity index (χ4n) is 1.42. The third-order valence-corrected chi connectivity index (χ3v) is 2.22. The van der Waals surface area contributed by atoms with Gasteiger partial charge in [-0.25, -0.2) is 0 Å². The van der Waals surface area contributed by atoms with Gasteiger partial charge in [0.25, 0.3) is 0 Å². The minimum atomic E-state index is 0.697. The first-order valence-electron chi connectivity index (χ1n) is 5.38. The highest BCUT2D eigenvalue weighted by atomic mass is 16.5. The number of hydrogen-bond acceptors (Lipinski definition) is 2. The lowest BCUT2D eigenvalue weighted by Crippen LogP contribution is -1.96.